The first-order chi connectivity index (χ1) is 11.2. The van der Waals surface area contributed by atoms with Crippen LogP contribution in [-0.2, 0) is 19.1 Å². The van der Waals surface area contributed by atoms with Crippen molar-refractivity contribution in [2.24, 2.45) is 0 Å². The van der Waals surface area contributed by atoms with Gasteiger partial charge in [-0.25, -0.2) is 0 Å². The van der Waals surface area contributed by atoms with Crippen LogP contribution in [0.15, 0.2) is 6.20 Å². The maximum atomic E-state index is 11.3. The van der Waals surface area contributed by atoms with E-state index < -0.39 is 45.7 Å². The minimum Gasteiger partial charge on any atom is -0.459 e. The topological polar surface area (TPSA) is 157 Å². The molecule has 0 saturated heterocycles. The fraction of sp³-hybridized carbons (Fsp3) is 0.583. The molecule has 0 aliphatic heterocycles. The van der Waals surface area contributed by atoms with Crippen LogP contribution in [-0.4, -0.2) is 44.0 Å². The molecule has 2 rings (SSSR count). The number of nitrogens with zero attached hydrogens (tertiary/aromatic N) is 4. The first-order valence-electron chi connectivity index (χ1n) is 6.93. The van der Waals surface area contributed by atoms with Gasteiger partial charge in [-0.05, 0) is 12.8 Å². The van der Waals surface area contributed by atoms with Crippen molar-refractivity contribution >= 4 is 17.6 Å². The van der Waals surface area contributed by atoms with Gasteiger partial charge in [0.15, 0.2) is 6.20 Å². The van der Waals surface area contributed by atoms with Crippen LogP contribution < -0.4 is 0 Å². The van der Waals surface area contributed by atoms with Crippen LogP contribution in [0, 0.1) is 20.2 Å². The molecule has 1 aliphatic rings. The van der Waals surface area contributed by atoms with Crippen LogP contribution in [0.25, 0.3) is 0 Å². The van der Waals surface area contributed by atoms with Gasteiger partial charge >= 0.3 is 17.6 Å². The lowest BCUT2D eigenvalue weighted by atomic mass is 10.00. The molecule has 0 spiro atoms. The van der Waals surface area contributed by atoms with Gasteiger partial charge in [-0.2, -0.15) is 0 Å². The number of nitro groups is 2. The molecular weight excluding hydrogens is 328 g/mol. The summed E-state index contributed by atoms with van der Waals surface area (Å²) in [6.45, 7) is 2.33. The Hall–Kier alpha value is -3.05. The third kappa shape index (κ3) is 3.47. The van der Waals surface area contributed by atoms with Crippen molar-refractivity contribution in [2.75, 3.05) is 0 Å². The number of carbonyl (C=O) groups is 2. The SMILES string of the molecule is CC(=O)O[C@H]1[C@@H](OC(C)=O)CC[C@@H]1c1nn([N+](=O)[O-])cc1[N+](=O)[O-]. The van der Waals surface area contributed by atoms with Gasteiger partial charge in [0.05, 0.1) is 21.0 Å². The van der Waals surface area contributed by atoms with Gasteiger partial charge in [-0.15, -0.1) is 0 Å². The monoisotopic (exact) mass is 342 g/mol. The van der Waals surface area contributed by atoms with E-state index >= 15 is 0 Å². The van der Waals surface area contributed by atoms with Crippen LogP contribution >= 0.6 is 0 Å². The van der Waals surface area contributed by atoms with Crippen LogP contribution in [0.5, 0.6) is 0 Å². The molecule has 1 fully saturated rings. The molecule has 0 unspecified atom stereocenters. The molecule has 24 heavy (non-hydrogen) atoms. The van der Waals surface area contributed by atoms with E-state index in [4.69, 9.17) is 9.47 Å². The van der Waals surface area contributed by atoms with Crippen molar-refractivity contribution in [1.82, 2.24) is 9.89 Å². The van der Waals surface area contributed by atoms with Crippen LogP contribution in [0.2, 0.25) is 0 Å². The summed E-state index contributed by atoms with van der Waals surface area (Å²) in [6.07, 6.45) is -0.577. The van der Waals surface area contributed by atoms with E-state index in [9.17, 15) is 29.8 Å². The zero-order valence-corrected chi connectivity index (χ0v) is 12.8. The highest BCUT2D eigenvalue weighted by molar-refractivity contribution is 5.67. The summed E-state index contributed by atoms with van der Waals surface area (Å²) in [5, 5.41) is 24.6. The standard InChI is InChI=1S/C12H14N4O8/c1-6(17)23-10-4-3-8(12(10)24-7(2)18)11-9(15(19)20)5-14(13-11)16(21)22/h5,8,10,12H,3-4H2,1-2H3/t8-,10+,12-/m1/s1. The second-order valence-corrected chi connectivity index (χ2v) is 5.22. The number of rotatable bonds is 5. The number of ether oxygens (including phenoxy) is 2. The molecule has 1 aromatic rings. The van der Waals surface area contributed by atoms with Crippen LogP contribution in [0.3, 0.4) is 0 Å². The normalized spacial score (nSPS) is 22.8. The predicted octanol–water partition coefficient (Wildman–Crippen LogP) is 0.572. The van der Waals surface area contributed by atoms with E-state index in [0.29, 0.717) is 6.20 Å². The molecule has 12 nitrogen and oxygen atoms in total. The summed E-state index contributed by atoms with van der Waals surface area (Å²) in [7, 11) is 0. The van der Waals surface area contributed by atoms with E-state index in [0.717, 1.165) is 6.92 Å². The van der Waals surface area contributed by atoms with Gasteiger partial charge < -0.3 is 19.6 Å². The van der Waals surface area contributed by atoms with E-state index in [2.05, 4.69) is 5.10 Å². The Morgan fingerprint density at radius 3 is 2.33 bits per heavy atom. The molecular formula is C12H14N4O8. The summed E-state index contributed by atoms with van der Waals surface area (Å²) in [5.74, 6) is -2.05. The molecule has 1 saturated carbocycles. The van der Waals surface area contributed by atoms with Gasteiger partial charge in [0.25, 0.3) is 5.69 Å². The highest BCUT2D eigenvalue weighted by Crippen LogP contribution is 2.41. The fourth-order valence-corrected chi connectivity index (χ4v) is 2.77. The highest BCUT2D eigenvalue weighted by Gasteiger charge is 2.48. The average molecular weight is 342 g/mol. The Balaban J connectivity index is 2.41. The third-order valence-electron chi connectivity index (χ3n) is 3.57. The molecule has 0 N–H and O–H groups in total. The lowest BCUT2D eigenvalue weighted by molar-refractivity contribution is -0.553. The third-order valence-corrected chi connectivity index (χ3v) is 3.57. The minimum absolute atomic E-state index is 0.183. The first-order valence-corrected chi connectivity index (χ1v) is 6.93. The zero-order chi connectivity index (χ0) is 18.0. The number of hydrogen-bond acceptors (Lipinski definition) is 9. The van der Waals surface area contributed by atoms with Crippen molar-refractivity contribution in [2.45, 2.75) is 44.8 Å². The molecule has 3 atom stereocenters. The molecule has 130 valence electrons. The second-order valence-electron chi connectivity index (χ2n) is 5.22. The van der Waals surface area contributed by atoms with Gasteiger partial charge in [0.2, 0.25) is 0 Å². The van der Waals surface area contributed by atoms with Crippen molar-refractivity contribution in [1.29, 1.82) is 0 Å². The summed E-state index contributed by atoms with van der Waals surface area (Å²) in [5.41, 5.74) is -0.741. The van der Waals surface area contributed by atoms with Gasteiger partial charge in [0, 0.05) is 18.6 Å². The van der Waals surface area contributed by atoms with Crippen molar-refractivity contribution < 1.29 is 29.0 Å². The Bertz CT molecular complexity index is 699. The Kier molecular flexibility index (Phi) is 4.76. The highest BCUT2D eigenvalue weighted by atomic mass is 16.7. The number of esters is 2. The molecule has 0 radical (unpaired) electrons. The van der Waals surface area contributed by atoms with Gasteiger partial charge in [-0.1, -0.05) is 0 Å². The summed E-state index contributed by atoms with van der Waals surface area (Å²) < 4.78 is 10.2. The maximum absolute atomic E-state index is 11.3. The van der Waals surface area contributed by atoms with Crippen molar-refractivity contribution in [3.05, 3.63) is 32.1 Å². The maximum Gasteiger partial charge on any atom is 0.342 e. The van der Waals surface area contributed by atoms with Gasteiger partial charge in [0.1, 0.15) is 12.2 Å². The number of hydrogen-bond donors (Lipinski definition) is 0. The molecule has 0 aromatic carbocycles. The van der Waals surface area contributed by atoms with E-state index in [-0.39, 0.29) is 23.3 Å². The first kappa shape index (κ1) is 17.3. The summed E-state index contributed by atoms with van der Waals surface area (Å²) in [6, 6.07) is 0. The van der Waals surface area contributed by atoms with Gasteiger partial charge in [-0.3, -0.25) is 19.7 Å². The van der Waals surface area contributed by atoms with E-state index in [1.54, 1.807) is 0 Å². The lowest BCUT2D eigenvalue weighted by Crippen LogP contribution is -2.33. The Morgan fingerprint density at radius 2 is 1.83 bits per heavy atom. The number of aromatic nitrogens is 2. The van der Waals surface area contributed by atoms with E-state index in [1.807, 2.05) is 0 Å². The summed E-state index contributed by atoms with van der Waals surface area (Å²) in [4.78, 5) is 43.8. The lowest BCUT2D eigenvalue weighted by Gasteiger charge is -2.21. The molecule has 1 heterocycles. The quantitative estimate of drug-likeness (QED) is 0.424. The van der Waals surface area contributed by atoms with Crippen LogP contribution in [0.4, 0.5) is 5.69 Å². The molecule has 1 aromatic heterocycles. The average Bonchev–Trinajstić information content (AvgIpc) is 3.03. The smallest absolute Gasteiger partial charge is 0.342 e. The minimum atomic E-state index is -1.000. The largest absolute Gasteiger partial charge is 0.459 e. The second kappa shape index (κ2) is 6.60. The molecule has 0 amide bonds. The van der Waals surface area contributed by atoms with E-state index in [1.165, 1.54) is 6.92 Å². The predicted molar refractivity (Wildman–Crippen MR) is 74.4 cm³/mol. The molecule has 1 aliphatic carbocycles. The van der Waals surface area contributed by atoms with Crippen LogP contribution in [0.1, 0.15) is 38.3 Å². The fourth-order valence-electron chi connectivity index (χ4n) is 2.77. The molecule has 12 heteroatoms. The molecule has 0 bridgehead atoms. The summed E-state index contributed by atoms with van der Waals surface area (Å²) >= 11 is 0. The Labute approximate surface area is 134 Å². The zero-order valence-electron chi connectivity index (χ0n) is 12.8. The van der Waals surface area contributed by atoms with Crippen molar-refractivity contribution in [3.8, 4) is 0 Å². The number of carbonyl (C=O) groups excluding carboxylic acids is 2. The Morgan fingerprint density at radius 1 is 1.21 bits per heavy atom. The van der Waals surface area contributed by atoms with Crippen molar-refractivity contribution in [3.63, 3.8) is 0 Å².